The molecule has 0 bridgehead atoms. The van der Waals surface area contributed by atoms with Gasteiger partial charge < -0.3 is 24.4 Å². The van der Waals surface area contributed by atoms with Gasteiger partial charge in [-0.2, -0.15) is 0 Å². The third-order valence-electron chi connectivity index (χ3n) is 10.1. The highest BCUT2D eigenvalue weighted by molar-refractivity contribution is 6.91. The zero-order valence-electron chi connectivity index (χ0n) is 27.9. The number of methoxy groups -OCH3 is 1. The van der Waals surface area contributed by atoms with E-state index < -0.39 is 8.07 Å². The average molecular weight is 643 g/mol. The highest BCUT2D eigenvalue weighted by atomic mass is 28.3. The number of aliphatic hydroxyl groups excluding tert-OH is 1. The second-order valence-corrected chi connectivity index (χ2v) is 18.2. The van der Waals surface area contributed by atoms with Crippen LogP contribution in [0.5, 0.6) is 5.75 Å². The molecule has 2 aliphatic heterocycles. The van der Waals surface area contributed by atoms with Gasteiger partial charge in [0, 0.05) is 31.7 Å². The molecular weight excluding hydrogens is 593 g/mol. The number of aliphatic hydroxyl groups is 1. The summed E-state index contributed by atoms with van der Waals surface area (Å²) in [6.07, 6.45) is 4.40. The number of ether oxygens (including phenoxy) is 2. The van der Waals surface area contributed by atoms with E-state index >= 15 is 0 Å². The number of carbonyl (C=O) groups is 2. The number of aryl methyl sites for hydroxylation is 1. The Labute approximate surface area is 275 Å². The number of nitrogens with zero attached hydrogens (tertiary/aromatic N) is 2. The Morgan fingerprint density at radius 1 is 1.00 bits per heavy atom. The van der Waals surface area contributed by atoms with Gasteiger partial charge in [-0.05, 0) is 72.5 Å². The summed E-state index contributed by atoms with van der Waals surface area (Å²) in [7, 11) is -0.452. The lowest BCUT2D eigenvalue weighted by molar-refractivity contribution is -0.135. The maximum atomic E-state index is 13.9. The predicted octanol–water partition coefficient (Wildman–Crippen LogP) is 5.95. The van der Waals surface area contributed by atoms with Crippen molar-refractivity contribution < 1.29 is 24.2 Å². The lowest BCUT2D eigenvalue weighted by atomic mass is 9.94. The van der Waals surface area contributed by atoms with Crippen LogP contribution in [0.25, 0.3) is 0 Å². The largest absolute Gasteiger partial charge is 0.497 e. The zero-order chi connectivity index (χ0) is 32.7. The molecule has 8 heteroatoms. The number of rotatable bonds is 13. The van der Waals surface area contributed by atoms with Gasteiger partial charge in [0.2, 0.25) is 11.8 Å². The molecular formula is C38H50N2O5Si. The number of anilines is 1. The fourth-order valence-corrected chi connectivity index (χ4v) is 11.7. The number of amides is 2. The van der Waals surface area contributed by atoms with Crippen LogP contribution in [0.4, 0.5) is 5.69 Å². The molecule has 2 heterocycles. The van der Waals surface area contributed by atoms with Crippen molar-refractivity contribution in [1.29, 1.82) is 0 Å². The summed E-state index contributed by atoms with van der Waals surface area (Å²) in [6.45, 7) is 8.55. The van der Waals surface area contributed by atoms with Crippen molar-refractivity contribution in [2.75, 3.05) is 31.7 Å². The molecule has 0 spiro atoms. The molecule has 1 N–H and O–H groups in total. The van der Waals surface area contributed by atoms with Crippen LogP contribution in [0.3, 0.4) is 0 Å². The number of piperidine rings is 1. The Balaban J connectivity index is 1.36. The first kappa shape index (κ1) is 33.9. The molecule has 2 fully saturated rings. The second kappa shape index (κ2) is 15.4. The Kier molecular flexibility index (Phi) is 11.4. The van der Waals surface area contributed by atoms with Gasteiger partial charge in [-0.25, -0.2) is 0 Å². The molecule has 7 nitrogen and oxygen atoms in total. The van der Waals surface area contributed by atoms with Crippen LogP contribution in [0.15, 0.2) is 78.9 Å². The summed E-state index contributed by atoms with van der Waals surface area (Å²) >= 11 is 0. The number of hydrogen-bond acceptors (Lipinski definition) is 5. The Morgan fingerprint density at radius 3 is 2.43 bits per heavy atom. The fourth-order valence-electron chi connectivity index (χ4n) is 7.63. The molecule has 2 saturated heterocycles. The quantitative estimate of drug-likeness (QED) is 0.234. The minimum absolute atomic E-state index is 0.00788. The predicted molar refractivity (Wildman–Crippen MR) is 186 cm³/mol. The van der Waals surface area contributed by atoms with Gasteiger partial charge >= 0.3 is 0 Å². The highest BCUT2D eigenvalue weighted by Gasteiger charge is 2.51. The molecule has 3 aromatic rings. The Hall–Kier alpha value is -3.46. The van der Waals surface area contributed by atoms with E-state index in [4.69, 9.17) is 9.47 Å². The third kappa shape index (κ3) is 7.90. The monoisotopic (exact) mass is 642 g/mol. The summed E-state index contributed by atoms with van der Waals surface area (Å²) in [4.78, 5) is 30.2. The molecule has 0 aliphatic carbocycles. The topological polar surface area (TPSA) is 79.3 Å². The molecule has 5 rings (SSSR count). The maximum absolute atomic E-state index is 13.9. The summed E-state index contributed by atoms with van der Waals surface area (Å²) in [5.74, 6) is 1.32. The van der Waals surface area contributed by atoms with E-state index in [-0.39, 0.29) is 48.5 Å². The van der Waals surface area contributed by atoms with E-state index in [9.17, 15) is 14.7 Å². The molecule has 246 valence electrons. The van der Waals surface area contributed by atoms with Crippen LogP contribution in [-0.4, -0.2) is 68.9 Å². The van der Waals surface area contributed by atoms with Crippen LogP contribution < -0.4 is 14.8 Å². The van der Waals surface area contributed by atoms with Gasteiger partial charge in [-0.1, -0.05) is 79.8 Å². The van der Waals surface area contributed by atoms with Crippen molar-refractivity contribution in [3.05, 3.63) is 90.0 Å². The molecule has 3 aromatic carbocycles. The summed E-state index contributed by atoms with van der Waals surface area (Å²) < 4.78 is 12.4. The van der Waals surface area contributed by atoms with Gasteiger partial charge in [0.15, 0.2) is 0 Å². The number of benzene rings is 3. The average Bonchev–Trinajstić information content (AvgIpc) is 3.39. The molecule has 46 heavy (non-hydrogen) atoms. The summed E-state index contributed by atoms with van der Waals surface area (Å²) in [5.41, 5.74) is 3.45. The second-order valence-electron chi connectivity index (χ2n) is 13.5. The number of hydrogen-bond donors (Lipinski definition) is 1. The van der Waals surface area contributed by atoms with Gasteiger partial charge in [0.25, 0.3) is 0 Å². The maximum Gasteiger partial charge on any atom is 0.226 e. The van der Waals surface area contributed by atoms with E-state index in [0.29, 0.717) is 19.5 Å². The van der Waals surface area contributed by atoms with Crippen LogP contribution >= 0.6 is 0 Å². The standard InChI is InChI=1S/C38H50N2O5Si/c1-28-34(21-16-29-13-10-14-31(25-29)40-22-9-8-15-36(40)42)45-35(38(28)46(3,4)33-19-17-32(44-2)18-20-33)26-37(43)39(23-24-41)27-30-11-6-5-7-12-30/h5-7,10-14,17-20,25,28,34-35,38,41H,8-9,15-16,21-24,26-27H2,1-4H3/t28-,34+,35-,38+/m0/s1. The Bertz CT molecular complexity index is 1450. The minimum atomic E-state index is -2.14. The van der Waals surface area contributed by atoms with E-state index in [1.54, 1.807) is 12.0 Å². The van der Waals surface area contributed by atoms with Gasteiger partial charge in [-0.3, -0.25) is 9.59 Å². The highest BCUT2D eigenvalue weighted by Crippen LogP contribution is 2.46. The van der Waals surface area contributed by atoms with Crippen LogP contribution in [0.2, 0.25) is 18.6 Å². The van der Waals surface area contributed by atoms with E-state index in [1.165, 1.54) is 10.8 Å². The van der Waals surface area contributed by atoms with E-state index in [0.717, 1.165) is 49.2 Å². The first-order valence-electron chi connectivity index (χ1n) is 16.8. The molecule has 2 amide bonds. The van der Waals surface area contributed by atoms with Crippen molar-refractivity contribution in [2.45, 2.75) is 82.8 Å². The summed E-state index contributed by atoms with van der Waals surface area (Å²) in [6, 6.07) is 26.8. The van der Waals surface area contributed by atoms with E-state index in [2.05, 4.69) is 50.3 Å². The molecule has 0 unspecified atom stereocenters. The molecule has 2 aliphatic rings. The molecule has 0 aromatic heterocycles. The molecule has 4 atom stereocenters. The van der Waals surface area contributed by atoms with Crippen molar-refractivity contribution in [2.24, 2.45) is 5.92 Å². The van der Waals surface area contributed by atoms with Crippen molar-refractivity contribution >= 4 is 30.8 Å². The zero-order valence-corrected chi connectivity index (χ0v) is 28.9. The first-order valence-corrected chi connectivity index (χ1v) is 19.9. The van der Waals surface area contributed by atoms with Gasteiger partial charge in [0.1, 0.15) is 5.75 Å². The number of carbonyl (C=O) groups excluding carboxylic acids is 2. The Morgan fingerprint density at radius 2 is 1.74 bits per heavy atom. The minimum Gasteiger partial charge on any atom is -0.497 e. The van der Waals surface area contributed by atoms with Crippen LogP contribution in [-0.2, 0) is 27.3 Å². The lowest BCUT2D eigenvalue weighted by Gasteiger charge is -2.36. The van der Waals surface area contributed by atoms with Crippen LogP contribution in [0, 0.1) is 5.92 Å². The molecule has 0 saturated carbocycles. The van der Waals surface area contributed by atoms with Gasteiger partial charge in [-0.15, -0.1) is 0 Å². The van der Waals surface area contributed by atoms with Gasteiger partial charge in [0.05, 0.1) is 40.4 Å². The fraction of sp³-hybridized carbons (Fsp3) is 0.474. The third-order valence-corrected chi connectivity index (χ3v) is 14.5. The van der Waals surface area contributed by atoms with E-state index in [1.807, 2.05) is 53.4 Å². The molecule has 0 radical (unpaired) electrons. The van der Waals surface area contributed by atoms with Crippen molar-refractivity contribution in [1.82, 2.24) is 4.90 Å². The van der Waals surface area contributed by atoms with Crippen LogP contribution in [0.1, 0.15) is 50.2 Å². The summed E-state index contributed by atoms with van der Waals surface area (Å²) in [5, 5.41) is 11.1. The lowest BCUT2D eigenvalue weighted by Crippen LogP contribution is -2.51. The smallest absolute Gasteiger partial charge is 0.226 e. The first-order chi connectivity index (χ1) is 22.2. The SMILES string of the molecule is COc1ccc([Si](C)(C)[C@@H]2[C@@H](C)[C@@H](CCc3cccc(N4CCCCC4=O)c3)O[C@H]2CC(=O)N(CCO)Cc2ccccc2)cc1. The van der Waals surface area contributed by atoms with Crippen molar-refractivity contribution in [3.8, 4) is 5.75 Å². The normalized spacial score (nSPS) is 21.8. The van der Waals surface area contributed by atoms with Crippen molar-refractivity contribution in [3.63, 3.8) is 0 Å².